The number of carbonyl (C=O) groups excluding carboxylic acids is 1. The molecule has 2 heterocycles. The average molecular weight is 390 g/mol. The van der Waals surface area contributed by atoms with Crippen LogP contribution in [0.15, 0.2) is 60.8 Å². The lowest BCUT2D eigenvalue weighted by molar-refractivity contribution is 0.0992. The maximum Gasteiger partial charge on any atom is 0.170 e. The van der Waals surface area contributed by atoms with E-state index in [4.69, 9.17) is 9.47 Å². The van der Waals surface area contributed by atoms with E-state index in [2.05, 4.69) is 9.97 Å². The second-order valence-corrected chi connectivity index (χ2v) is 7.24. The van der Waals surface area contributed by atoms with Gasteiger partial charge in [-0.05, 0) is 35.9 Å². The summed E-state index contributed by atoms with van der Waals surface area (Å²) in [6.45, 7) is 0. The molecule has 4 aromatic rings. The lowest BCUT2D eigenvalue weighted by Crippen LogP contribution is -2.04. The monoisotopic (exact) mass is 390 g/mol. The largest absolute Gasteiger partial charge is 0.493 e. The Labute approximate surface area is 166 Å². The van der Waals surface area contributed by atoms with E-state index < -0.39 is 0 Å². The van der Waals surface area contributed by atoms with E-state index in [1.54, 1.807) is 50.0 Å². The molecule has 2 aromatic carbocycles. The van der Waals surface area contributed by atoms with E-state index in [1.807, 2.05) is 36.4 Å². The molecular formula is C22H18N2O3S. The fourth-order valence-electron chi connectivity index (χ4n) is 2.95. The fourth-order valence-corrected chi connectivity index (χ4v) is 3.89. The first kappa shape index (κ1) is 18.1. The summed E-state index contributed by atoms with van der Waals surface area (Å²) in [5.41, 5.74) is 3.32. The van der Waals surface area contributed by atoms with Crippen LogP contribution in [-0.2, 0) is 6.42 Å². The summed E-state index contributed by atoms with van der Waals surface area (Å²) in [6.07, 6.45) is 2.06. The molecule has 4 rings (SSSR count). The summed E-state index contributed by atoms with van der Waals surface area (Å²) in [4.78, 5) is 21.5. The van der Waals surface area contributed by atoms with Gasteiger partial charge >= 0.3 is 0 Å². The van der Waals surface area contributed by atoms with Gasteiger partial charge in [-0.15, -0.1) is 11.3 Å². The molecule has 5 nitrogen and oxygen atoms in total. The third-order valence-corrected chi connectivity index (χ3v) is 5.49. The van der Waals surface area contributed by atoms with Gasteiger partial charge in [0.2, 0.25) is 0 Å². The normalized spacial score (nSPS) is 10.8. The van der Waals surface area contributed by atoms with Gasteiger partial charge < -0.3 is 9.47 Å². The Kier molecular flexibility index (Phi) is 5.04. The predicted octanol–water partition coefficient (Wildman–Crippen LogP) is 4.80. The first-order valence-electron chi connectivity index (χ1n) is 8.74. The van der Waals surface area contributed by atoms with E-state index in [0.717, 1.165) is 26.5 Å². The first-order valence-corrected chi connectivity index (χ1v) is 9.55. The minimum atomic E-state index is 0.0258. The van der Waals surface area contributed by atoms with Crippen molar-refractivity contribution in [1.82, 2.24) is 9.97 Å². The van der Waals surface area contributed by atoms with Crippen LogP contribution in [0.5, 0.6) is 11.5 Å². The number of hydrogen-bond acceptors (Lipinski definition) is 6. The average Bonchev–Trinajstić information content (AvgIpc) is 3.18. The lowest BCUT2D eigenvalue weighted by Gasteiger charge is -2.09. The number of nitrogens with zero attached hydrogens (tertiary/aromatic N) is 2. The van der Waals surface area contributed by atoms with Crippen LogP contribution in [-0.4, -0.2) is 30.0 Å². The van der Waals surface area contributed by atoms with Crippen LogP contribution in [0, 0.1) is 0 Å². The summed E-state index contributed by atoms with van der Waals surface area (Å²) < 4.78 is 11.6. The summed E-state index contributed by atoms with van der Waals surface area (Å²) in [7, 11) is 3.13. The topological polar surface area (TPSA) is 61.3 Å². The Bertz CT molecular complexity index is 1100. The molecule has 0 saturated heterocycles. The quantitative estimate of drug-likeness (QED) is 0.443. The molecule has 0 unspecified atom stereocenters. The van der Waals surface area contributed by atoms with Gasteiger partial charge in [-0.2, -0.15) is 0 Å². The molecule has 0 aliphatic rings. The zero-order chi connectivity index (χ0) is 19.5. The van der Waals surface area contributed by atoms with Crippen molar-refractivity contribution in [2.45, 2.75) is 6.42 Å². The molecular weight excluding hydrogens is 372 g/mol. The van der Waals surface area contributed by atoms with Gasteiger partial charge in [0.25, 0.3) is 0 Å². The molecule has 0 aliphatic heterocycles. The van der Waals surface area contributed by atoms with Crippen LogP contribution < -0.4 is 9.47 Å². The van der Waals surface area contributed by atoms with Crippen LogP contribution in [0.2, 0.25) is 0 Å². The number of thiazole rings is 1. The second kappa shape index (κ2) is 7.78. The molecule has 2 aromatic heterocycles. The molecule has 0 atom stereocenters. The third-order valence-electron chi connectivity index (χ3n) is 4.44. The van der Waals surface area contributed by atoms with E-state index in [0.29, 0.717) is 23.5 Å². The molecule has 0 aliphatic carbocycles. The maximum absolute atomic E-state index is 12.6. The van der Waals surface area contributed by atoms with Crippen molar-refractivity contribution < 1.29 is 14.3 Å². The van der Waals surface area contributed by atoms with Crippen LogP contribution in [0.25, 0.3) is 20.9 Å². The number of pyridine rings is 1. The van der Waals surface area contributed by atoms with Crippen molar-refractivity contribution in [1.29, 1.82) is 0 Å². The minimum Gasteiger partial charge on any atom is -0.493 e. The molecule has 0 radical (unpaired) electrons. The Morgan fingerprint density at radius 2 is 1.79 bits per heavy atom. The number of ether oxygens (including phenoxy) is 2. The standard InChI is InChI=1S/C22H18N2O3S/c1-26-18-10-9-16(13-19(18)27-2)17(25)12-14-5-7-15(8-6-14)22-24-21-20(28-22)4-3-11-23-21/h3-11,13H,12H2,1-2H3. The van der Waals surface area contributed by atoms with Gasteiger partial charge in [0.15, 0.2) is 22.9 Å². The van der Waals surface area contributed by atoms with Crippen molar-refractivity contribution in [3.63, 3.8) is 0 Å². The lowest BCUT2D eigenvalue weighted by atomic mass is 10.0. The third kappa shape index (κ3) is 3.59. The van der Waals surface area contributed by atoms with Crippen LogP contribution >= 0.6 is 11.3 Å². The molecule has 0 saturated carbocycles. The summed E-state index contributed by atoms with van der Waals surface area (Å²) in [5.74, 6) is 1.18. The van der Waals surface area contributed by atoms with Gasteiger partial charge in [-0.3, -0.25) is 4.79 Å². The molecule has 0 amide bonds. The highest BCUT2D eigenvalue weighted by Gasteiger charge is 2.12. The number of ketones is 1. The second-order valence-electron chi connectivity index (χ2n) is 6.21. The fraction of sp³-hybridized carbons (Fsp3) is 0.136. The number of Topliss-reactive ketones (excluding diaryl/α,β-unsaturated/α-hetero) is 1. The molecule has 0 N–H and O–H groups in total. The highest BCUT2D eigenvalue weighted by molar-refractivity contribution is 7.21. The van der Waals surface area contributed by atoms with Crippen LogP contribution in [0.3, 0.4) is 0 Å². The van der Waals surface area contributed by atoms with Crippen molar-refractivity contribution in [3.8, 4) is 22.1 Å². The zero-order valence-corrected chi connectivity index (χ0v) is 16.3. The predicted molar refractivity (Wildman–Crippen MR) is 110 cm³/mol. The van der Waals surface area contributed by atoms with Crippen LogP contribution in [0.1, 0.15) is 15.9 Å². The van der Waals surface area contributed by atoms with Gasteiger partial charge in [-0.25, -0.2) is 9.97 Å². The smallest absolute Gasteiger partial charge is 0.170 e. The van der Waals surface area contributed by atoms with E-state index in [1.165, 1.54) is 0 Å². The summed E-state index contributed by atoms with van der Waals surface area (Å²) in [5, 5.41) is 0.923. The van der Waals surface area contributed by atoms with Crippen molar-refractivity contribution in [2.75, 3.05) is 14.2 Å². The molecule has 140 valence electrons. The van der Waals surface area contributed by atoms with E-state index >= 15 is 0 Å². The minimum absolute atomic E-state index is 0.0258. The number of aromatic nitrogens is 2. The first-order chi connectivity index (χ1) is 13.7. The van der Waals surface area contributed by atoms with E-state index in [-0.39, 0.29) is 5.78 Å². The van der Waals surface area contributed by atoms with Crippen LogP contribution in [0.4, 0.5) is 0 Å². The van der Waals surface area contributed by atoms with Gasteiger partial charge in [0, 0.05) is 23.7 Å². The van der Waals surface area contributed by atoms with Crippen molar-refractivity contribution >= 4 is 27.5 Å². The number of methoxy groups -OCH3 is 2. The highest BCUT2D eigenvalue weighted by Crippen LogP contribution is 2.30. The Hall–Kier alpha value is -3.25. The molecule has 0 bridgehead atoms. The number of benzene rings is 2. The zero-order valence-electron chi connectivity index (χ0n) is 15.5. The molecule has 0 spiro atoms. The van der Waals surface area contributed by atoms with E-state index in [9.17, 15) is 4.79 Å². The summed E-state index contributed by atoms with van der Waals surface area (Å²) >= 11 is 1.61. The molecule has 6 heteroatoms. The molecule has 0 fully saturated rings. The number of carbonyl (C=O) groups is 1. The Balaban J connectivity index is 1.52. The summed E-state index contributed by atoms with van der Waals surface area (Å²) in [6, 6.07) is 17.1. The molecule has 28 heavy (non-hydrogen) atoms. The van der Waals surface area contributed by atoms with Crippen molar-refractivity contribution in [2.24, 2.45) is 0 Å². The Morgan fingerprint density at radius 1 is 1.00 bits per heavy atom. The SMILES string of the molecule is COc1ccc(C(=O)Cc2ccc(-c3nc4ncccc4s3)cc2)cc1OC. The highest BCUT2D eigenvalue weighted by atomic mass is 32.1. The van der Waals surface area contributed by atoms with Gasteiger partial charge in [0.05, 0.1) is 18.9 Å². The Morgan fingerprint density at radius 3 is 2.50 bits per heavy atom. The van der Waals surface area contributed by atoms with Crippen molar-refractivity contribution in [3.05, 3.63) is 71.9 Å². The number of hydrogen-bond donors (Lipinski definition) is 0. The van der Waals surface area contributed by atoms with Gasteiger partial charge in [-0.1, -0.05) is 24.3 Å². The number of fused-ring (bicyclic) bond motifs is 1. The van der Waals surface area contributed by atoms with Gasteiger partial charge in [0.1, 0.15) is 5.01 Å². The maximum atomic E-state index is 12.6. The number of rotatable bonds is 6.